The van der Waals surface area contributed by atoms with Crippen LogP contribution in [0.25, 0.3) is 45.2 Å². The Bertz CT molecular complexity index is 2570. The van der Waals surface area contributed by atoms with Gasteiger partial charge in [0.25, 0.3) is 0 Å². The average molecular weight is 765 g/mol. The van der Waals surface area contributed by atoms with Crippen LogP contribution in [-0.4, -0.2) is 107 Å². The number of anilines is 2. The number of aliphatic hydroxyl groups excluding tert-OH is 1. The van der Waals surface area contributed by atoms with Crippen LogP contribution >= 0.6 is 0 Å². The third-order valence-electron chi connectivity index (χ3n) is 10.8. The third kappa shape index (κ3) is 6.09. The van der Waals surface area contributed by atoms with Crippen LogP contribution < -0.4 is 9.80 Å². The first kappa shape index (κ1) is 34.4. The lowest BCUT2D eigenvalue weighted by Crippen LogP contribution is -2.35. The van der Waals surface area contributed by atoms with Crippen molar-refractivity contribution in [3.63, 3.8) is 0 Å². The van der Waals surface area contributed by atoms with Crippen molar-refractivity contribution in [2.45, 2.75) is 50.2 Å². The number of ether oxygens (including phenoxy) is 3. The van der Waals surface area contributed by atoms with Gasteiger partial charge in [0.15, 0.2) is 0 Å². The molecule has 1 N–H and O–H groups in total. The molecule has 4 unspecified atom stereocenters. The Kier molecular flexibility index (Phi) is 8.38. The summed E-state index contributed by atoms with van der Waals surface area (Å²) in [5.41, 5.74) is 9.31. The van der Waals surface area contributed by atoms with E-state index in [0.29, 0.717) is 48.9 Å². The Morgan fingerprint density at radius 2 is 1.40 bits per heavy atom. The SMILES string of the molecule is N#CCn1nnc(-c2ccc(-c3ccc4c(c3)CC3C(COCCn5cc(-c6ccc(-c7ccc8c(c7)CC7C(CO)OC(=O)N87)cn6)nn5)OC(=O)N43)cn2)n1. The van der Waals surface area contributed by atoms with Crippen LogP contribution in [0.15, 0.2) is 79.3 Å². The largest absolute Gasteiger partial charge is 0.441 e. The minimum absolute atomic E-state index is 0.00964. The molecule has 4 aromatic heterocycles. The molecule has 57 heavy (non-hydrogen) atoms. The van der Waals surface area contributed by atoms with Gasteiger partial charge in [-0.25, -0.2) is 14.3 Å². The van der Waals surface area contributed by atoms with Crippen LogP contribution in [0.4, 0.5) is 21.0 Å². The van der Waals surface area contributed by atoms with E-state index < -0.39 is 18.3 Å². The van der Waals surface area contributed by atoms with Gasteiger partial charge in [-0.05, 0) is 76.7 Å². The van der Waals surface area contributed by atoms with Gasteiger partial charge in [0.2, 0.25) is 5.82 Å². The van der Waals surface area contributed by atoms with E-state index in [0.717, 1.165) is 44.8 Å². The molecule has 0 saturated carbocycles. The highest BCUT2D eigenvalue weighted by atomic mass is 16.6. The number of carbonyl (C=O) groups excluding carboxylic acids is 2. The van der Waals surface area contributed by atoms with E-state index in [1.54, 1.807) is 26.9 Å². The molecule has 8 heterocycles. The monoisotopic (exact) mass is 764 g/mol. The van der Waals surface area contributed by atoms with Crippen molar-refractivity contribution >= 4 is 23.6 Å². The van der Waals surface area contributed by atoms with Gasteiger partial charge in [0, 0.05) is 23.5 Å². The van der Waals surface area contributed by atoms with Gasteiger partial charge in [-0.3, -0.25) is 19.8 Å². The summed E-state index contributed by atoms with van der Waals surface area (Å²) >= 11 is 0. The molecule has 0 spiro atoms. The third-order valence-corrected chi connectivity index (χ3v) is 10.8. The van der Waals surface area contributed by atoms with Crippen molar-refractivity contribution in [1.29, 1.82) is 5.26 Å². The first-order valence-electron chi connectivity index (χ1n) is 18.4. The maximum Gasteiger partial charge on any atom is 0.415 e. The van der Waals surface area contributed by atoms with Crippen molar-refractivity contribution in [3.05, 3.63) is 90.4 Å². The highest BCUT2D eigenvalue weighted by Crippen LogP contribution is 2.42. The van der Waals surface area contributed by atoms with Crippen LogP contribution in [0.2, 0.25) is 0 Å². The van der Waals surface area contributed by atoms with Gasteiger partial charge >= 0.3 is 12.2 Å². The minimum Gasteiger partial charge on any atom is -0.441 e. The minimum atomic E-state index is -0.525. The van der Waals surface area contributed by atoms with Crippen molar-refractivity contribution in [3.8, 4) is 51.2 Å². The normalized spacial score (nSPS) is 20.2. The predicted molar refractivity (Wildman–Crippen MR) is 199 cm³/mol. The molecule has 2 aromatic carbocycles. The summed E-state index contributed by atoms with van der Waals surface area (Å²) < 4.78 is 18.7. The maximum atomic E-state index is 13.0. The molecule has 4 aliphatic rings. The molecule has 2 saturated heterocycles. The number of tetrazole rings is 1. The fraction of sp³-hybridized carbons (Fsp3) is 0.282. The number of pyridine rings is 2. The van der Waals surface area contributed by atoms with Crippen molar-refractivity contribution in [2.24, 2.45) is 0 Å². The lowest BCUT2D eigenvalue weighted by Gasteiger charge is -2.16. The first-order chi connectivity index (χ1) is 27.9. The lowest BCUT2D eigenvalue weighted by atomic mass is 10.0. The van der Waals surface area contributed by atoms with Gasteiger partial charge < -0.3 is 19.3 Å². The van der Waals surface area contributed by atoms with E-state index in [4.69, 9.17) is 19.5 Å². The second-order valence-electron chi connectivity index (χ2n) is 14.1. The Morgan fingerprint density at radius 1 is 0.772 bits per heavy atom. The zero-order valence-corrected chi connectivity index (χ0v) is 30.1. The number of nitriles is 1. The van der Waals surface area contributed by atoms with Crippen molar-refractivity contribution in [1.82, 2.24) is 45.2 Å². The number of carbonyl (C=O) groups is 2. The molecule has 18 heteroatoms. The molecule has 18 nitrogen and oxygen atoms in total. The highest BCUT2D eigenvalue weighted by molar-refractivity contribution is 5.95. The number of hydrogen-bond donors (Lipinski definition) is 1. The summed E-state index contributed by atoms with van der Waals surface area (Å²) in [5, 5.41) is 39.0. The molecule has 10 rings (SSSR count). The zero-order chi connectivity index (χ0) is 38.6. The van der Waals surface area contributed by atoms with E-state index in [2.05, 4.69) is 47.8 Å². The molecule has 4 atom stereocenters. The molecular weight excluding hydrogens is 733 g/mol. The molecule has 284 valence electrons. The summed E-state index contributed by atoms with van der Waals surface area (Å²) in [6, 6.07) is 21.1. The predicted octanol–water partition coefficient (Wildman–Crippen LogP) is 3.46. The van der Waals surface area contributed by atoms with Crippen molar-refractivity contribution < 1.29 is 28.9 Å². The van der Waals surface area contributed by atoms with E-state index in [1.165, 1.54) is 4.80 Å². The number of fused-ring (bicyclic) bond motifs is 6. The summed E-state index contributed by atoms with van der Waals surface area (Å²) in [6.45, 7) is 0.832. The zero-order valence-electron chi connectivity index (χ0n) is 30.1. The van der Waals surface area contributed by atoms with Gasteiger partial charge in [0.1, 0.15) is 30.1 Å². The second kappa shape index (κ2) is 13.9. The Hall–Kier alpha value is -7.10. The van der Waals surface area contributed by atoms with Crippen LogP contribution in [0.1, 0.15) is 11.1 Å². The molecule has 0 radical (unpaired) electrons. The summed E-state index contributed by atoms with van der Waals surface area (Å²) in [4.78, 5) is 39.0. The second-order valence-corrected chi connectivity index (χ2v) is 14.1. The van der Waals surface area contributed by atoms with E-state index in [-0.39, 0.29) is 37.9 Å². The summed E-state index contributed by atoms with van der Waals surface area (Å²) in [5.74, 6) is 0.342. The number of nitrogens with zero attached hydrogens (tertiary/aromatic N) is 12. The van der Waals surface area contributed by atoms with E-state index in [1.807, 2.05) is 60.8 Å². The number of rotatable bonds is 11. The van der Waals surface area contributed by atoms with Crippen LogP contribution in [0.5, 0.6) is 0 Å². The van der Waals surface area contributed by atoms with Gasteiger partial charge in [-0.1, -0.05) is 29.5 Å². The standard InChI is InChI=1S/C39H32N12O6/c40-9-10-49-45-37(44-47-49)29-6-2-25(18-42-29)23-4-8-32-27(14-23)16-34-36(57-39(54)51(32)34)21-55-12-11-48-19-30(43-46-48)28-5-1-24(17-41-28)22-3-7-31-26(13-22)15-33-35(20-52)56-38(53)50(31)33/h1-8,13-14,17-19,33-36,52H,10-12,15-16,20-21H2. The van der Waals surface area contributed by atoms with Crippen LogP contribution in [-0.2, 0) is 40.1 Å². The molecule has 2 amide bonds. The maximum absolute atomic E-state index is 13.0. The number of cyclic esters (lactones) is 2. The molecule has 4 aliphatic heterocycles. The van der Waals surface area contributed by atoms with Crippen molar-refractivity contribution in [2.75, 3.05) is 29.6 Å². The summed E-state index contributed by atoms with van der Waals surface area (Å²) in [7, 11) is 0. The molecule has 0 aliphatic carbocycles. The molecule has 6 aromatic rings. The van der Waals surface area contributed by atoms with Gasteiger partial charge in [-0.2, -0.15) is 5.26 Å². The van der Waals surface area contributed by atoms with Gasteiger partial charge in [-0.15, -0.1) is 20.1 Å². The highest BCUT2D eigenvalue weighted by Gasteiger charge is 2.48. The number of amides is 2. The number of hydrogen-bond acceptors (Lipinski definition) is 14. The van der Waals surface area contributed by atoms with E-state index in [9.17, 15) is 14.7 Å². The number of benzene rings is 2. The fourth-order valence-electron chi connectivity index (χ4n) is 7.99. The molecular formula is C39H32N12O6. The Balaban J connectivity index is 0.729. The number of aromatic nitrogens is 9. The summed E-state index contributed by atoms with van der Waals surface area (Å²) in [6.07, 6.45) is 4.83. The molecule has 2 fully saturated rings. The first-order valence-corrected chi connectivity index (χ1v) is 18.4. The fourth-order valence-corrected chi connectivity index (χ4v) is 7.99. The smallest absolute Gasteiger partial charge is 0.415 e. The topological polar surface area (TPSA) is 212 Å². The lowest BCUT2D eigenvalue weighted by molar-refractivity contribution is 0.0314. The van der Waals surface area contributed by atoms with E-state index >= 15 is 0 Å². The van der Waals surface area contributed by atoms with Gasteiger partial charge in [0.05, 0.1) is 67.8 Å². The average Bonchev–Trinajstić information content (AvgIpc) is 4.10. The Morgan fingerprint density at radius 3 is 2.04 bits per heavy atom. The van der Waals surface area contributed by atoms with Crippen LogP contribution in [0, 0.1) is 11.3 Å². The Labute approximate surface area is 323 Å². The van der Waals surface area contributed by atoms with Crippen LogP contribution in [0.3, 0.4) is 0 Å². The number of aliphatic hydroxyl groups is 1. The molecule has 0 bridgehead atoms. The quantitative estimate of drug-likeness (QED) is 0.187.